The van der Waals surface area contributed by atoms with Crippen LogP contribution < -0.4 is 21.5 Å². The molecule has 1 fully saturated rings. The number of likely N-dealkylation sites (tertiary alicyclic amines) is 1. The Bertz CT molecular complexity index is 908. The molecule has 1 amide bonds. The van der Waals surface area contributed by atoms with Crippen LogP contribution in [0.1, 0.15) is 6.42 Å². The zero-order chi connectivity index (χ0) is 19.9. The summed E-state index contributed by atoms with van der Waals surface area (Å²) in [5.41, 5.74) is 2.18. The molecule has 4 N–H and O–H groups in total. The van der Waals surface area contributed by atoms with Crippen molar-refractivity contribution in [1.82, 2.24) is 20.2 Å². The van der Waals surface area contributed by atoms with Gasteiger partial charge in [-0.2, -0.15) is 0 Å². The molecule has 0 unspecified atom stereocenters. The van der Waals surface area contributed by atoms with Gasteiger partial charge in [0.2, 0.25) is 5.91 Å². The van der Waals surface area contributed by atoms with Crippen molar-refractivity contribution in [3.8, 4) is 11.1 Å². The fraction of sp³-hybridized carbons (Fsp3) is 0.350. The lowest BCUT2D eigenvalue weighted by Gasteiger charge is -2.16. The van der Waals surface area contributed by atoms with Gasteiger partial charge in [-0.05, 0) is 37.2 Å². The SMILES string of the molecule is CNCC=CC(=O)N1CC[C@@H](Nc2cc(-c3ccnc(NC)c3)c[nH]c2=O)C1. The van der Waals surface area contributed by atoms with Gasteiger partial charge in [0.25, 0.3) is 5.56 Å². The van der Waals surface area contributed by atoms with Gasteiger partial charge >= 0.3 is 0 Å². The maximum atomic E-state index is 12.3. The van der Waals surface area contributed by atoms with Crippen LogP contribution in [0.25, 0.3) is 11.1 Å². The molecule has 2 aromatic heterocycles. The lowest BCUT2D eigenvalue weighted by atomic mass is 10.1. The van der Waals surface area contributed by atoms with Crippen molar-refractivity contribution in [3.63, 3.8) is 0 Å². The van der Waals surface area contributed by atoms with E-state index < -0.39 is 0 Å². The summed E-state index contributed by atoms with van der Waals surface area (Å²) in [6, 6.07) is 5.70. The lowest BCUT2D eigenvalue weighted by molar-refractivity contribution is -0.125. The van der Waals surface area contributed by atoms with Crippen LogP contribution in [-0.2, 0) is 4.79 Å². The molecule has 0 aliphatic carbocycles. The number of anilines is 2. The second-order valence-corrected chi connectivity index (χ2v) is 6.69. The molecule has 3 heterocycles. The number of hydrogen-bond donors (Lipinski definition) is 4. The molecule has 28 heavy (non-hydrogen) atoms. The van der Waals surface area contributed by atoms with Crippen molar-refractivity contribution < 1.29 is 4.79 Å². The normalized spacial score (nSPS) is 16.5. The first-order valence-electron chi connectivity index (χ1n) is 9.34. The number of aromatic amines is 1. The summed E-state index contributed by atoms with van der Waals surface area (Å²) in [6.45, 7) is 1.91. The first kappa shape index (κ1) is 19.6. The Kier molecular flexibility index (Phi) is 6.44. The third-order valence-corrected chi connectivity index (χ3v) is 4.69. The second kappa shape index (κ2) is 9.18. The van der Waals surface area contributed by atoms with Gasteiger partial charge in [-0.3, -0.25) is 9.59 Å². The molecule has 148 valence electrons. The van der Waals surface area contributed by atoms with Gasteiger partial charge in [-0.25, -0.2) is 4.98 Å². The minimum Gasteiger partial charge on any atom is -0.376 e. The van der Waals surface area contributed by atoms with Crippen molar-refractivity contribution >= 4 is 17.4 Å². The first-order valence-corrected chi connectivity index (χ1v) is 9.34. The summed E-state index contributed by atoms with van der Waals surface area (Å²) in [5.74, 6) is 0.757. The summed E-state index contributed by atoms with van der Waals surface area (Å²) >= 11 is 0. The van der Waals surface area contributed by atoms with Crippen molar-refractivity contribution in [2.75, 3.05) is 44.4 Å². The van der Waals surface area contributed by atoms with Crippen LogP contribution in [0.4, 0.5) is 11.5 Å². The quantitative estimate of drug-likeness (QED) is 0.538. The first-order chi connectivity index (χ1) is 13.6. The Morgan fingerprint density at radius 3 is 3.00 bits per heavy atom. The van der Waals surface area contributed by atoms with Gasteiger partial charge in [0.15, 0.2) is 0 Å². The van der Waals surface area contributed by atoms with Gasteiger partial charge in [0.1, 0.15) is 11.5 Å². The smallest absolute Gasteiger partial charge is 0.271 e. The standard InChI is InChI=1S/C20H26N6O2/c1-21-7-3-4-19(27)26-9-6-16(13-26)25-17-10-15(12-24-20(17)28)14-5-8-23-18(11-14)22-2/h3-5,8,10-12,16,21,25H,6-7,9,13H2,1-2H3,(H,22,23)(H,24,28)/t16-/m1/s1. The van der Waals surface area contributed by atoms with Crippen molar-refractivity contribution in [3.05, 3.63) is 53.1 Å². The number of pyridine rings is 2. The van der Waals surface area contributed by atoms with E-state index in [0.29, 0.717) is 25.3 Å². The number of carbonyl (C=O) groups excluding carboxylic acids is 1. The minimum absolute atomic E-state index is 0.00130. The maximum absolute atomic E-state index is 12.3. The molecule has 1 atom stereocenters. The molecular formula is C20H26N6O2. The Balaban J connectivity index is 1.69. The molecule has 2 aromatic rings. The summed E-state index contributed by atoms with van der Waals surface area (Å²) in [5, 5.41) is 9.28. The Labute approximate surface area is 164 Å². The van der Waals surface area contributed by atoms with Crippen LogP contribution in [0.3, 0.4) is 0 Å². The van der Waals surface area contributed by atoms with Crippen molar-refractivity contribution in [2.24, 2.45) is 0 Å². The van der Waals surface area contributed by atoms with E-state index in [1.54, 1.807) is 23.4 Å². The van der Waals surface area contributed by atoms with Gasteiger partial charge in [-0.1, -0.05) is 6.08 Å². The average molecular weight is 382 g/mol. The Morgan fingerprint density at radius 2 is 2.21 bits per heavy atom. The van der Waals surface area contributed by atoms with Gasteiger partial charge in [0, 0.05) is 56.8 Å². The van der Waals surface area contributed by atoms with E-state index in [0.717, 1.165) is 23.4 Å². The average Bonchev–Trinajstić information content (AvgIpc) is 3.18. The van der Waals surface area contributed by atoms with Crippen LogP contribution in [0.5, 0.6) is 0 Å². The largest absolute Gasteiger partial charge is 0.376 e. The van der Waals surface area contributed by atoms with Crippen LogP contribution in [0.15, 0.2) is 47.5 Å². The van der Waals surface area contributed by atoms with Gasteiger partial charge in [0.05, 0.1) is 0 Å². The highest BCUT2D eigenvalue weighted by Gasteiger charge is 2.25. The van der Waals surface area contributed by atoms with E-state index in [1.165, 1.54) is 0 Å². The summed E-state index contributed by atoms with van der Waals surface area (Å²) < 4.78 is 0. The zero-order valence-electron chi connectivity index (χ0n) is 16.2. The lowest BCUT2D eigenvalue weighted by Crippen LogP contribution is -2.31. The molecule has 8 heteroatoms. The van der Waals surface area contributed by atoms with Crippen LogP contribution in [0, 0.1) is 0 Å². The number of rotatable bonds is 7. The fourth-order valence-electron chi connectivity index (χ4n) is 3.19. The summed E-state index contributed by atoms with van der Waals surface area (Å²) in [6.07, 6.45) is 7.62. The van der Waals surface area contributed by atoms with E-state index >= 15 is 0 Å². The van der Waals surface area contributed by atoms with E-state index in [1.807, 2.05) is 38.4 Å². The zero-order valence-corrected chi connectivity index (χ0v) is 16.2. The molecule has 0 bridgehead atoms. The van der Waals surface area contributed by atoms with Crippen LogP contribution in [0.2, 0.25) is 0 Å². The van der Waals surface area contributed by atoms with Crippen molar-refractivity contribution in [1.29, 1.82) is 0 Å². The molecular weight excluding hydrogens is 356 g/mol. The molecule has 1 aliphatic rings. The molecule has 0 saturated carbocycles. The maximum Gasteiger partial charge on any atom is 0.271 e. The molecule has 1 saturated heterocycles. The number of nitrogens with one attached hydrogen (secondary N) is 4. The number of nitrogens with zero attached hydrogens (tertiary/aromatic N) is 2. The van der Waals surface area contributed by atoms with Gasteiger partial charge < -0.3 is 25.8 Å². The van der Waals surface area contributed by atoms with Crippen LogP contribution in [-0.4, -0.2) is 60.5 Å². The van der Waals surface area contributed by atoms with E-state index in [9.17, 15) is 9.59 Å². The number of H-pyrrole nitrogens is 1. The van der Waals surface area contributed by atoms with E-state index in [4.69, 9.17) is 0 Å². The third kappa shape index (κ3) is 4.77. The minimum atomic E-state index is -0.176. The van der Waals surface area contributed by atoms with Crippen molar-refractivity contribution in [2.45, 2.75) is 12.5 Å². The number of amides is 1. The molecule has 3 rings (SSSR count). The van der Waals surface area contributed by atoms with E-state index in [-0.39, 0.29) is 17.5 Å². The highest BCUT2D eigenvalue weighted by molar-refractivity contribution is 5.87. The van der Waals surface area contributed by atoms with Crippen LogP contribution >= 0.6 is 0 Å². The highest BCUT2D eigenvalue weighted by Crippen LogP contribution is 2.22. The number of aromatic nitrogens is 2. The third-order valence-electron chi connectivity index (χ3n) is 4.69. The predicted octanol–water partition coefficient (Wildman–Crippen LogP) is 1.27. The number of carbonyl (C=O) groups is 1. The molecule has 0 spiro atoms. The molecule has 8 nitrogen and oxygen atoms in total. The Hall–Kier alpha value is -3.13. The van der Waals surface area contributed by atoms with Gasteiger partial charge in [-0.15, -0.1) is 0 Å². The molecule has 0 aromatic carbocycles. The fourth-order valence-corrected chi connectivity index (χ4v) is 3.19. The predicted molar refractivity (Wildman–Crippen MR) is 112 cm³/mol. The molecule has 0 radical (unpaired) electrons. The summed E-state index contributed by atoms with van der Waals surface area (Å²) in [7, 11) is 3.65. The monoisotopic (exact) mass is 382 g/mol. The Morgan fingerprint density at radius 1 is 1.36 bits per heavy atom. The second-order valence-electron chi connectivity index (χ2n) is 6.69. The topological polar surface area (TPSA) is 102 Å². The molecule has 1 aliphatic heterocycles. The van der Waals surface area contributed by atoms with E-state index in [2.05, 4.69) is 25.9 Å². The number of likely N-dealkylation sites (N-methyl/N-ethyl adjacent to an activating group) is 1. The number of hydrogen-bond acceptors (Lipinski definition) is 6. The summed E-state index contributed by atoms with van der Waals surface area (Å²) in [4.78, 5) is 33.2. The highest BCUT2D eigenvalue weighted by atomic mass is 16.2.